The number of benzene rings is 1. The molecule has 8 nitrogen and oxygen atoms in total. The molecule has 1 aromatic carbocycles. The highest BCUT2D eigenvalue weighted by atomic mass is 16.6. The number of aryl methyl sites for hydroxylation is 1. The predicted molar refractivity (Wildman–Crippen MR) is 278 cm³/mol. The molecule has 11 unspecified atom stereocenters. The third-order valence-corrected chi connectivity index (χ3v) is 23.4. The number of hydrogen-bond donors (Lipinski definition) is 3. The van der Waals surface area contributed by atoms with Gasteiger partial charge in [0.1, 0.15) is 11.9 Å². The van der Waals surface area contributed by atoms with Crippen molar-refractivity contribution < 1.29 is 29.3 Å². The Morgan fingerprint density at radius 3 is 2.27 bits per heavy atom. The molecular weight excluding hydrogens is 881 g/mol. The molecule has 5 heterocycles. The van der Waals surface area contributed by atoms with Gasteiger partial charge in [-0.25, -0.2) is 0 Å². The number of aromatic nitrogens is 2. The van der Waals surface area contributed by atoms with Crippen molar-refractivity contribution >= 4 is 22.6 Å². The van der Waals surface area contributed by atoms with E-state index in [2.05, 4.69) is 93.8 Å². The number of allylic oxidation sites excluding steroid dienone is 2. The monoisotopic (exact) mass is 965 g/mol. The quantitative estimate of drug-likeness (QED) is 0.153. The Bertz CT molecular complexity index is 2690. The van der Waals surface area contributed by atoms with Gasteiger partial charge in [-0.1, -0.05) is 90.2 Å². The van der Waals surface area contributed by atoms with Crippen molar-refractivity contribution in [2.24, 2.45) is 50.7 Å². The van der Waals surface area contributed by atoms with Crippen LogP contribution in [0.15, 0.2) is 53.9 Å². The Kier molecular flexibility index (Phi) is 10.9. The molecule has 11 aliphatic rings. The van der Waals surface area contributed by atoms with E-state index < -0.39 is 33.6 Å². The number of ether oxygens (including phenoxy) is 2. The molecule has 2 saturated heterocycles. The van der Waals surface area contributed by atoms with Crippen LogP contribution in [0.25, 0.3) is 11.0 Å². The maximum absolute atomic E-state index is 15.8. The summed E-state index contributed by atoms with van der Waals surface area (Å²) >= 11 is 0. The van der Waals surface area contributed by atoms with E-state index in [4.69, 9.17) is 9.47 Å². The highest BCUT2D eigenvalue weighted by Crippen LogP contribution is 2.80. The summed E-state index contributed by atoms with van der Waals surface area (Å²) in [6, 6.07) is 7.62. The molecule has 11 atom stereocenters. The molecule has 5 saturated carbocycles. The first-order valence-electron chi connectivity index (χ1n) is 28.9. The summed E-state index contributed by atoms with van der Waals surface area (Å²) in [5, 5.41) is 26.9. The van der Waals surface area contributed by atoms with Crippen molar-refractivity contribution in [2.45, 2.75) is 218 Å². The van der Waals surface area contributed by atoms with Gasteiger partial charge < -0.3 is 29.2 Å². The number of aliphatic hydroxyl groups excluding tert-OH is 1. The molecule has 3 aromatic rings. The number of Topliss-reactive ketones (excluding diaryl/α,β-unsaturated/α-hetero) is 2. The van der Waals surface area contributed by atoms with Crippen LogP contribution in [-0.4, -0.2) is 68.0 Å². The van der Waals surface area contributed by atoms with Crippen molar-refractivity contribution in [3.63, 3.8) is 0 Å². The van der Waals surface area contributed by atoms with Gasteiger partial charge in [0.25, 0.3) is 0 Å². The van der Waals surface area contributed by atoms with Crippen LogP contribution in [0.4, 0.5) is 0 Å². The van der Waals surface area contributed by atoms with Crippen molar-refractivity contribution in [3.05, 3.63) is 81.7 Å². The van der Waals surface area contributed by atoms with Crippen LogP contribution < -0.4 is 0 Å². The number of aliphatic hydroxyl groups is 2. The fourth-order valence-corrected chi connectivity index (χ4v) is 20.0. The number of fused-ring (bicyclic) bond motifs is 2. The first-order chi connectivity index (χ1) is 33.9. The van der Waals surface area contributed by atoms with Crippen LogP contribution in [0.5, 0.6) is 0 Å². The first kappa shape index (κ1) is 47.4. The number of ketones is 2. The van der Waals surface area contributed by atoms with Crippen LogP contribution in [0.2, 0.25) is 0 Å². The smallest absolute Gasteiger partial charge is 0.160 e. The summed E-state index contributed by atoms with van der Waals surface area (Å²) in [5.74, 6) is 1.88. The highest BCUT2D eigenvalue weighted by molar-refractivity contribution is 6.02. The second-order valence-electron chi connectivity index (χ2n) is 27.4. The van der Waals surface area contributed by atoms with E-state index in [0.717, 1.165) is 83.0 Å². The molecule has 7 fully saturated rings. The van der Waals surface area contributed by atoms with Gasteiger partial charge in [0.2, 0.25) is 0 Å². The van der Waals surface area contributed by atoms with Gasteiger partial charge in [-0.05, 0) is 171 Å². The summed E-state index contributed by atoms with van der Waals surface area (Å²) in [4.78, 5) is 34.2. The molecule has 71 heavy (non-hydrogen) atoms. The SMILES string of the molecule is CC1(CC(O)C2OC2(C)C)CCc2c[nH]c3c(Cc4cc(C5CCCCC5)cc(C5CCOCC5)c4)cn(c23)CC2C3=C1C(=O)CC31CC=CC2(O)C2C3(C)CCC(=O)C(C)(C4CCCC4)C3CCC21C. The van der Waals surface area contributed by atoms with E-state index in [1.807, 2.05) is 0 Å². The number of H-pyrrole nitrogens is 1. The number of aromatic amines is 1. The summed E-state index contributed by atoms with van der Waals surface area (Å²) in [5.41, 5.74) is 7.54. The maximum Gasteiger partial charge on any atom is 0.160 e. The average molecular weight is 965 g/mol. The lowest BCUT2D eigenvalue weighted by Crippen LogP contribution is -2.72. The Morgan fingerprint density at radius 1 is 0.845 bits per heavy atom. The number of carbonyl (C=O) groups excluding carboxylic acids is 2. The predicted octanol–water partition coefficient (Wildman–Crippen LogP) is 12.6. The molecule has 14 rings (SSSR count). The number of carbonyl (C=O) groups is 2. The van der Waals surface area contributed by atoms with Crippen molar-refractivity contribution in [1.82, 2.24) is 9.55 Å². The third-order valence-electron chi connectivity index (χ3n) is 23.4. The van der Waals surface area contributed by atoms with Gasteiger partial charge in [-0.3, -0.25) is 9.59 Å². The second kappa shape index (κ2) is 16.3. The molecule has 3 aliphatic heterocycles. The molecule has 382 valence electrons. The highest BCUT2D eigenvalue weighted by Gasteiger charge is 2.78. The van der Waals surface area contributed by atoms with Gasteiger partial charge in [-0.2, -0.15) is 0 Å². The molecule has 2 bridgehead atoms. The van der Waals surface area contributed by atoms with Crippen LogP contribution in [0.3, 0.4) is 0 Å². The normalized spacial score (nSPS) is 40.7. The van der Waals surface area contributed by atoms with Crippen molar-refractivity contribution in [3.8, 4) is 0 Å². The first-order valence-corrected chi connectivity index (χ1v) is 28.9. The number of nitrogens with one attached hydrogen (secondary N) is 1. The Hall–Kier alpha value is -3.30. The van der Waals surface area contributed by atoms with Crippen LogP contribution in [0, 0.1) is 50.7 Å². The van der Waals surface area contributed by atoms with Crippen LogP contribution in [-0.2, 0) is 38.4 Å². The van der Waals surface area contributed by atoms with E-state index in [1.165, 1.54) is 89.4 Å². The van der Waals surface area contributed by atoms with Gasteiger partial charge >= 0.3 is 0 Å². The lowest BCUT2D eigenvalue weighted by molar-refractivity contribution is -0.249. The molecule has 0 radical (unpaired) electrons. The molecule has 1 spiro atoms. The molecule has 8 aliphatic carbocycles. The van der Waals surface area contributed by atoms with Crippen LogP contribution in [0.1, 0.15) is 203 Å². The van der Waals surface area contributed by atoms with E-state index in [-0.39, 0.29) is 40.5 Å². The van der Waals surface area contributed by atoms with E-state index >= 15 is 4.79 Å². The number of epoxide rings is 1. The Balaban J connectivity index is 0.978. The lowest BCUT2D eigenvalue weighted by atomic mass is 9.31. The zero-order valence-corrected chi connectivity index (χ0v) is 44.1. The van der Waals surface area contributed by atoms with Crippen molar-refractivity contribution in [2.75, 3.05) is 13.2 Å². The number of rotatable bonds is 8. The maximum atomic E-state index is 15.8. The molecule has 2 aromatic heterocycles. The fraction of sp³-hybridized carbons (Fsp3) is 0.714. The minimum atomic E-state index is -1.27. The van der Waals surface area contributed by atoms with Crippen LogP contribution >= 0.6 is 0 Å². The van der Waals surface area contributed by atoms with E-state index in [0.29, 0.717) is 55.8 Å². The average Bonchev–Trinajstić information content (AvgIpc) is 3.87. The van der Waals surface area contributed by atoms with E-state index in [1.54, 1.807) is 0 Å². The molecule has 3 N–H and O–H groups in total. The fourth-order valence-electron chi connectivity index (χ4n) is 20.0. The largest absolute Gasteiger partial charge is 0.390 e. The Labute approximate surface area is 423 Å². The zero-order valence-electron chi connectivity index (χ0n) is 44.1. The second-order valence-corrected chi connectivity index (χ2v) is 27.4. The summed E-state index contributed by atoms with van der Waals surface area (Å²) in [6.45, 7) is 16.0. The Morgan fingerprint density at radius 2 is 1.55 bits per heavy atom. The number of nitrogens with zero attached hydrogens (tertiary/aromatic N) is 1. The summed E-state index contributed by atoms with van der Waals surface area (Å²) in [7, 11) is 0. The summed E-state index contributed by atoms with van der Waals surface area (Å²) < 4.78 is 14.5. The van der Waals surface area contributed by atoms with Gasteiger partial charge in [0.05, 0.1) is 28.3 Å². The van der Waals surface area contributed by atoms with Gasteiger partial charge in [0, 0.05) is 79.7 Å². The van der Waals surface area contributed by atoms with Crippen molar-refractivity contribution in [1.29, 1.82) is 0 Å². The standard InChI is InChI=1S/C63H84N2O6/c1-57(2)55(71-57)48(67)33-58(3)24-17-41-35-64-53-44(31-38-29-42(39-13-8-7-9-14-39)32-43(30-38)40-20-27-70-28-21-40)36-65(54(41)53)37-46-51-52(58)47(66)34-62(51)22-12-23-63(46,69)56-59(4)25-19-50(68)61(6,45-15-10-11-16-45)49(59)18-26-60(56,62)5/h12,23,29-30,32,35-36,39-40,45-46,48-49,55-56,64,67,69H,7-11,13-22,24-28,31,33-34,37H2,1-6H3. The minimum absolute atomic E-state index is 0.141. The summed E-state index contributed by atoms with van der Waals surface area (Å²) in [6.07, 6.45) is 28.6. The molecule has 8 heteroatoms. The number of hydrogen-bond acceptors (Lipinski definition) is 6. The van der Waals surface area contributed by atoms with Gasteiger partial charge in [-0.15, -0.1) is 0 Å². The minimum Gasteiger partial charge on any atom is -0.390 e. The third kappa shape index (κ3) is 6.80. The molecular formula is C63H84N2O6. The van der Waals surface area contributed by atoms with E-state index in [9.17, 15) is 15.0 Å². The zero-order chi connectivity index (χ0) is 49.1. The molecule has 0 amide bonds. The van der Waals surface area contributed by atoms with Gasteiger partial charge in [0.15, 0.2) is 5.78 Å². The lowest BCUT2D eigenvalue weighted by Gasteiger charge is -2.73. The topological polar surface area (TPSA) is 117 Å².